The molecule has 0 spiro atoms. The van der Waals surface area contributed by atoms with E-state index >= 15 is 0 Å². The predicted octanol–water partition coefficient (Wildman–Crippen LogP) is 3.36. The van der Waals surface area contributed by atoms with Gasteiger partial charge in [0.05, 0.1) is 5.69 Å². The van der Waals surface area contributed by atoms with Gasteiger partial charge in [0.1, 0.15) is 4.90 Å². The molecular formula is C17H23BrN2O3S. The van der Waals surface area contributed by atoms with Crippen LogP contribution >= 0.6 is 15.9 Å². The standard InChI is InChI=1S/C17H23BrN2O3S/c1-11-8-13-9-14(18)10-16(17(13)20(11)12(2)21)24(22,23)19-15-6-4-3-5-7-15/h9-11,15,19H,3-8H2,1-2H3. The highest BCUT2D eigenvalue weighted by Crippen LogP contribution is 2.40. The Morgan fingerprint density at radius 2 is 1.92 bits per heavy atom. The number of hydrogen-bond acceptors (Lipinski definition) is 3. The fraction of sp³-hybridized carbons (Fsp3) is 0.588. The van der Waals surface area contributed by atoms with Gasteiger partial charge in [0.25, 0.3) is 0 Å². The molecule has 3 rings (SSSR count). The highest BCUT2D eigenvalue weighted by atomic mass is 79.9. The molecule has 2 aliphatic rings. The van der Waals surface area contributed by atoms with Crippen LogP contribution in [-0.4, -0.2) is 26.4 Å². The van der Waals surface area contributed by atoms with Crippen molar-refractivity contribution in [2.75, 3.05) is 4.90 Å². The lowest BCUT2D eigenvalue weighted by Crippen LogP contribution is -2.38. The van der Waals surface area contributed by atoms with Crippen LogP contribution in [0.3, 0.4) is 0 Å². The van der Waals surface area contributed by atoms with Gasteiger partial charge in [-0.2, -0.15) is 0 Å². The van der Waals surface area contributed by atoms with Gasteiger partial charge in [0.15, 0.2) is 0 Å². The second kappa shape index (κ2) is 6.77. The molecule has 1 atom stereocenters. The fourth-order valence-electron chi connectivity index (χ4n) is 3.86. The second-order valence-electron chi connectivity index (χ2n) is 6.81. The van der Waals surface area contributed by atoms with Crippen molar-refractivity contribution in [2.24, 2.45) is 0 Å². The van der Waals surface area contributed by atoms with E-state index in [1.54, 1.807) is 11.0 Å². The van der Waals surface area contributed by atoms with Crippen LogP contribution in [0.1, 0.15) is 51.5 Å². The van der Waals surface area contributed by atoms with Crippen molar-refractivity contribution in [3.63, 3.8) is 0 Å². The molecule has 0 radical (unpaired) electrons. The van der Waals surface area contributed by atoms with Crippen LogP contribution in [0.25, 0.3) is 0 Å². The number of hydrogen-bond donors (Lipinski definition) is 1. The third-order valence-electron chi connectivity index (χ3n) is 4.87. The Kier molecular flexibility index (Phi) is 5.04. The van der Waals surface area contributed by atoms with E-state index in [2.05, 4.69) is 20.7 Å². The van der Waals surface area contributed by atoms with E-state index in [0.717, 1.165) is 35.7 Å². The van der Waals surface area contributed by atoms with Gasteiger partial charge in [-0.15, -0.1) is 0 Å². The minimum absolute atomic E-state index is 0.0111. The number of nitrogens with zero attached hydrogens (tertiary/aromatic N) is 1. The molecule has 0 bridgehead atoms. The van der Waals surface area contributed by atoms with Gasteiger partial charge < -0.3 is 4.90 Å². The summed E-state index contributed by atoms with van der Waals surface area (Å²) in [6, 6.07) is 3.48. The molecular weight excluding hydrogens is 392 g/mol. The summed E-state index contributed by atoms with van der Waals surface area (Å²) in [6.45, 7) is 3.43. The highest BCUT2D eigenvalue weighted by molar-refractivity contribution is 9.10. The van der Waals surface area contributed by atoms with Crippen LogP contribution in [0.5, 0.6) is 0 Å². The van der Waals surface area contributed by atoms with Crippen LogP contribution in [0.2, 0.25) is 0 Å². The Hall–Kier alpha value is -0.920. The Morgan fingerprint density at radius 3 is 2.54 bits per heavy atom. The van der Waals surface area contributed by atoms with E-state index in [0.29, 0.717) is 12.1 Å². The maximum absolute atomic E-state index is 13.0. The first-order chi connectivity index (χ1) is 11.3. The number of amides is 1. The lowest BCUT2D eigenvalue weighted by atomic mass is 9.96. The number of sulfonamides is 1. The summed E-state index contributed by atoms with van der Waals surface area (Å²) in [6.07, 6.45) is 5.70. The van der Waals surface area contributed by atoms with E-state index in [-0.39, 0.29) is 22.9 Å². The van der Waals surface area contributed by atoms with Gasteiger partial charge >= 0.3 is 0 Å². The SMILES string of the molecule is CC(=O)N1c2c(cc(Br)cc2S(=O)(=O)NC2CCCCC2)CC1C. The first-order valence-corrected chi connectivity index (χ1v) is 10.7. The van der Waals surface area contributed by atoms with Crippen molar-refractivity contribution in [2.45, 2.75) is 69.4 Å². The molecule has 1 aliphatic carbocycles. The summed E-state index contributed by atoms with van der Waals surface area (Å²) >= 11 is 3.41. The minimum Gasteiger partial charge on any atom is -0.308 e. The molecule has 132 valence electrons. The predicted molar refractivity (Wildman–Crippen MR) is 97.7 cm³/mol. The molecule has 0 saturated heterocycles. The molecule has 1 amide bonds. The number of anilines is 1. The summed E-state index contributed by atoms with van der Waals surface area (Å²) in [4.78, 5) is 13.9. The van der Waals surface area contributed by atoms with Crippen LogP contribution in [0.4, 0.5) is 5.69 Å². The third kappa shape index (κ3) is 3.39. The zero-order valence-electron chi connectivity index (χ0n) is 14.0. The number of fused-ring (bicyclic) bond motifs is 1. The molecule has 1 heterocycles. The summed E-state index contributed by atoms with van der Waals surface area (Å²) in [5.74, 6) is -0.127. The van der Waals surface area contributed by atoms with Crippen LogP contribution in [0, 0.1) is 0 Å². The average molecular weight is 415 g/mol. The van der Waals surface area contributed by atoms with E-state index in [1.165, 1.54) is 13.3 Å². The van der Waals surface area contributed by atoms with Crippen molar-refractivity contribution >= 4 is 37.5 Å². The van der Waals surface area contributed by atoms with Crippen molar-refractivity contribution in [3.05, 3.63) is 22.2 Å². The molecule has 1 aliphatic heterocycles. The first-order valence-electron chi connectivity index (χ1n) is 8.44. The normalized spacial score (nSPS) is 21.8. The number of carbonyl (C=O) groups is 1. The fourth-order valence-corrected chi connectivity index (χ4v) is 6.09. The van der Waals surface area contributed by atoms with E-state index in [1.807, 2.05) is 13.0 Å². The molecule has 1 fully saturated rings. The molecule has 1 aromatic rings. The Labute approximate surface area is 152 Å². The summed E-state index contributed by atoms with van der Waals surface area (Å²) in [5, 5.41) is 0. The molecule has 24 heavy (non-hydrogen) atoms. The molecule has 0 aromatic heterocycles. The first kappa shape index (κ1) is 17.9. The van der Waals surface area contributed by atoms with Crippen molar-refractivity contribution in [1.29, 1.82) is 0 Å². The summed E-state index contributed by atoms with van der Waals surface area (Å²) < 4.78 is 29.6. The second-order valence-corrected chi connectivity index (χ2v) is 9.41. The van der Waals surface area contributed by atoms with Gasteiger partial charge in [-0.1, -0.05) is 35.2 Å². The summed E-state index contributed by atoms with van der Waals surface area (Å²) in [5.41, 5.74) is 1.44. The number of benzene rings is 1. The Bertz CT molecular complexity index is 757. The zero-order chi connectivity index (χ0) is 17.5. The third-order valence-corrected chi connectivity index (χ3v) is 6.86. The lowest BCUT2D eigenvalue weighted by molar-refractivity contribution is -0.116. The van der Waals surface area contributed by atoms with Crippen molar-refractivity contribution < 1.29 is 13.2 Å². The van der Waals surface area contributed by atoms with Crippen molar-refractivity contribution in [3.8, 4) is 0 Å². The highest BCUT2D eigenvalue weighted by Gasteiger charge is 2.36. The number of halogens is 1. The largest absolute Gasteiger partial charge is 0.308 e. The van der Waals surface area contributed by atoms with Gasteiger partial charge in [-0.25, -0.2) is 13.1 Å². The van der Waals surface area contributed by atoms with Crippen molar-refractivity contribution in [1.82, 2.24) is 4.72 Å². The van der Waals surface area contributed by atoms with Gasteiger partial charge in [-0.05, 0) is 43.9 Å². The molecule has 7 heteroatoms. The van der Waals surface area contributed by atoms with Crippen LogP contribution < -0.4 is 9.62 Å². The maximum Gasteiger partial charge on any atom is 0.242 e. The number of nitrogens with one attached hydrogen (secondary N) is 1. The number of carbonyl (C=O) groups excluding carboxylic acids is 1. The Morgan fingerprint density at radius 1 is 1.25 bits per heavy atom. The minimum atomic E-state index is -3.67. The molecule has 1 aromatic carbocycles. The van der Waals surface area contributed by atoms with Crippen LogP contribution in [-0.2, 0) is 21.2 Å². The molecule has 1 saturated carbocycles. The number of rotatable bonds is 3. The maximum atomic E-state index is 13.0. The summed E-state index contributed by atoms with van der Waals surface area (Å²) in [7, 11) is -3.67. The van der Waals surface area contributed by atoms with Gasteiger partial charge in [0.2, 0.25) is 15.9 Å². The van der Waals surface area contributed by atoms with Gasteiger partial charge in [0, 0.05) is 23.5 Å². The molecule has 5 nitrogen and oxygen atoms in total. The molecule has 1 unspecified atom stereocenters. The van der Waals surface area contributed by atoms with E-state index < -0.39 is 10.0 Å². The topological polar surface area (TPSA) is 66.5 Å². The monoisotopic (exact) mass is 414 g/mol. The van der Waals surface area contributed by atoms with E-state index in [4.69, 9.17) is 0 Å². The average Bonchev–Trinajstić information content (AvgIpc) is 2.82. The van der Waals surface area contributed by atoms with Gasteiger partial charge in [-0.3, -0.25) is 4.79 Å². The zero-order valence-corrected chi connectivity index (χ0v) is 16.4. The quantitative estimate of drug-likeness (QED) is 0.824. The Balaban J connectivity index is 2.03. The smallest absolute Gasteiger partial charge is 0.242 e. The lowest BCUT2D eigenvalue weighted by Gasteiger charge is -2.26. The van der Waals surface area contributed by atoms with E-state index in [9.17, 15) is 13.2 Å². The molecule has 1 N–H and O–H groups in total. The van der Waals surface area contributed by atoms with Crippen LogP contribution in [0.15, 0.2) is 21.5 Å².